The van der Waals surface area contributed by atoms with E-state index >= 15 is 0 Å². The predicted molar refractivity (Wildman–Crippen MR) is 126 cm³/mol. The number of esters is 1. The van der Waals surface area contributed by atoms with Crippen molar-refractivity contribution < 1.29 is 23.7 Å². The summed E-state index contributed by atoms with van der Waals surface area (Å²) in [6.07, 6.45) is 0.770. The molecule has 0 spiro atoms. The summed E-state index contributed by atoms with van der Waals surface area (Å²) in [5.41, 5.74) is 2.29. The number of rotatable bonds is 10. The van der Waals surface area contributed by atoms with Gasteiger partial charge < -0.3 is 24.3 Å². The van der Waals surface area contributed by atoms with Crippen molar-refractivity contribution in [1.29, 1.82) is 0 Å². The normalized spacial score (nSPS) is 13.9. The lowest BCUT2D eigenvalue weighted by molar-refractivity contribution is -0.142. The third-order valence-corrected chi connectivity index (χ3v) is 5.66. The average molecular weight is 448 g/mol. The molecule has 1 aliphatic heterocycles. The summed E-state index contributed by atoms with van der Waals surface area (Å²) < 4.78 is 22.0. The molecule has 172 valence electrons. The maximum Gasteiger partial charge on any atom is 0.319 e. The van der Waals surface area contributed by atoms with E-state index < -0.39 is 0 Å². The molecule has 6 heteroatoms. The summed E-state index contributed by atoms with van der Waals surface area (Å²) in [4.78, 5) is 11.9. The van der Waals surface area contributed by atoms with Crippen molar-refractivity contribution in [3.05, 3.63) is 83.9 Å². The highest BCUT2D eigenvalue weighted by Gasteiger charge is 2.22. The summed E-state index contributed by atoms with van der Waals surface area (Å²) in [6, 6.07) is 23.9. The highest BCUT2D eigenvalue weighted by Crippen LogP contribution is 2.35. The van der Waals surface area contributed by atoms with Crippen LogP contribution in [0.15, 0.2) is 72.8 Å². The molecule has 0 amide bonds. The molecule has 0 saturated heterocycles. The number of carbonyl (C=O) groups is 1. The molecule has 4 rings (SSSR count). The second kappa shape index (κ2) is 10.9. The van der Waals surface area contributed by atoms with Gasteiger partial charge in [-0.3, -0.25) is 4.79 Å². The summed E-state index contributed by atoms with van der Waals surface area (Å²) >= 11 is 0. The standard InChI is InChI=1S/C27H29NO5/c1-3-30-27(29)17-28-19(2)24(15-20-9-14-25-26(16-20)32-18-31-25)21-10-12-23(13-11-21)33-22-7-5-4-6-8-22/h4-14,16,19,24,28H,3,15,17-18H2,1-2H3/t19-,24+/m1/s1. The van der Waals surface area contributed by atoms with Gasteiger partial charge in [0.1, 0.15) is 11.5 Å². The molecular formula is C27H29NO5. The lowest BCUT2D eigenvalue weighted by atomic mass is 9.86. The Morgan fingerprint density at radius 1 is 0.970 bits per heavy atom. The second-order valence-corrected chi connectivity index (χ2v) is 7.96. The first-order valence-electron chi connectivity index (χ1n) is 11.2. The van der Waals surface area contributed by atoms with E-state index in [-0.39, 0.29) is 31.3 Å². The van der Waals surface area contributed by atoms with E-state index in [1.165, 1.54) is 0 Å². The number of hydrogen-bond acceptors (Lipinski definition) is 6. The van der Waals surface area contributed by atoms with Crippen LogP contribution in [0.1, 0.15) is 30.9 Å². The smallest absolute Gasteiger partial charge is 0.319 e. The largest absolute Gasteiger partial charge is 0.465 e. The van der Waals surface area contributed by atoms with E-state index in [9.17, 15) is 4.79 Å². The van der Waals surface area contributed by atoms with Crippen molar-refractivity contribution >= 4 is 5.97 Å². The van der Waals surface area contributed by atoms with E-state index in [2.05, 4.69) is 30.4 Å². The van der Waals surface area contributed by atoms with E-state index in [1.807, 2.05) is 61.5 Å². The van der Waals surface area contributed by atoms with Gasteiger partial charge in [-0.2, -0.15) is 0 Å². The molecule has 3 aromatic rings. The minimum absolute atomic E-state index is 0.0284. The van der Waals surface area contributed by atoms with Crippen LogP contribution in [0.5, 0.6) is 23.0 Å². The molecule has 3 aromatic carbocycles. The molecule has 0 bridgehead atoms. The first kappa shape index (κ1) is 22.7. The van der Waals surface area contributed by atoms with E-state index in [0.29, 0.717) is 6.61 Å². The summed E-state index contributed by atoms with van der Waals surface area (Å²) in [5.74, 6) is 2.98. The van der Waals surface area contributed by atoms with Crippen molar-refractivity contribution in [3.8, 4) is 23.0 Å². The Kier molecular flexibility index (Phi) is 7.47. The maximum atomic E-state index is 11.9. The van der Waals surface area contributed by atoms with Gasteiger partial charge in [-0.1, -0.05) is 36.4 Å². The van der Waals surface area contributed by atoms with Crippen LogP contribution >= 0.6 is 0 Å². The molecular weight excluding hydrogens is 418 g/mol. The van der Waals surface area contributed by atoms with Crippen molar-refractivity contribution in [2.45, 2.75) is 32.2 Å². The highest BCUT2D eigenvalue weighted by molar-refractivity contribution is 5.71. The van der Waals surface area contributed by atoms with Crippen molar-refractivity contribution in [2.75, 3.05) is 19.9 Å². The highest BCUT2D eigenvalue weighted by atomic mass is 16.7. The third kappa shape index (κ3) is 6.05. The molecule has 1 heterocycles. The van der Waals surface area contributed by atoms with Crippen LogP contribution in [0.2, 0.25) is 0 Å². The van der Waals surface area contributed by atoms with Gasteiger partial charge in [0.15, 0.2) is 11.5 Å². The molecule has 33 heavy (non-hydrogen) atoms. The van der Waals surface area contributed by atoms with Crippen LogP contribution in [0, 0.1) is 0 Å². The first-order valence-corrected chi connectivity index (χ1v) is 11.2. The SMILES string of the molecule is CCOC(=O)CN[C@H](C)[C@H](Cc1ccc2c(c1)OCO2)c1ccc(Oc2ccccc2)cc1. The van der Waals surface area contributed by atoms with Gasteiger partial charge in [0.2, 0.25) is 6.79 Å². The zero-order chi connectivity index (χ0) is 23.0. The molecule has 0 fully saturated rings. The Morgan fingerprint density at radius 3 is 2.45 bits per heavy atom. The van der Waals surface area contributed by atoms with Crippen LogP contribution < -0.4 is 19.5 Å². The lowest BCUT2D eigenvalue weighted by Crippen LogP contribution is -2.37. The quantitative estimate of drug-likeness (QED) is 0.438. The van der Waals surface area contributed by atoms with Gasteiger partial charge in [0.25, 0.3) is 0 Å². The zero-order valence-corrected chi connectivity index (χ0v) is 19.0. The fourth-order valence-corrected chi connectivity index (χ4v) is 3.91. The first-order chi connectivity index (χ1) is 16.1. The molecule has 0 saturated carbocycles. The number of para-hydroxylation sites is 1. The number of benzene rings is 3. The zero-order valence-electron chi connectivity index (χ0n) is 19.0. The minimum atomic E-state index is -0.252. The Morgan fingerprint density at radius 2 is 1.70 bits per heavy atom. The van der Waals surface area contributed by atoms with Crippen LogP contribution in [0.25, 0.3) is 0 Å². The maximum absolute atomic E-state index is 11.9. The number of carbonyl (C=O) groups excluding carboxylic acids is 1. The van der Waals surface area contributed by atoms with Crippen molar-refractivity contribution in [2.24, 2.45) is 0 Å². The van der Waals surface area contributed by atoms with Gasteiger partial charge in [0.05, 0.1) is 13.2 Å². The summed E-state index contributed by atoms with van der Waals surface area (Å²) in [7, 11) is 0. The summed E-state index contributed by atoms with van der Waals surface area (Å²) in [5, 5.41) is 3.33. The Bertz CT molecular complexity index is 1050. The van der Waals surface area contributed by atoms with Gasteiger partial charge in [-0.15, -0.1) is 0 Å². The predicted octanol–water partition coefficient (Wildman–Crippen LogP) is 5.08. The van der Waals surface area contributed by atoms with Crippen LogP contribution in [-0.2, 0) is 16.0 Å². The fourth-order valence-electron chi connectivity index (χ4n) is 3.91. The fraction of sp³-hybridized carbons (Fsp3) is 0.296. The van der Waals surface area contributed by atoms with Crippen LogP contribution in [0.3, 0.4) is 0 Å². The van der Waals surface area contributed by atoms with Gasteiger partial charge in [-0.25, -0.2) is 0 Å². The van der Waals surface area contributed by atoms with Gasteiger partial charge >= 0.3 is 5.97 Å². The molecule has 1 aliphatic rings. The Balaban J connectivity index is 1.51. The molecule has 0 aliphatic carbocycles. The molecule has 1 N–H and O–H groups in total. The average Bonchev–Trinajstić information content (AvgIpc) is 3.30. The Hall–Kier alpha value is -3.51. The van der Waals surface area contributed by atoms with E-state index in [1.54, 1.807) is 0 Å². The van der Waals surface area contributed by atoms with Crippen LogP contribution in [-0.4, -0.2) is 32.0 Å². The molecule has 0 unspecified atom stereocenters. The van der Waals surface area contributed by atoms with Crippen molar-refractivity contribution in [3.63, 3.8) is 0 Å². The Labute approximate surface area is 194 Å². The van der Waals surface area contributed by atoms with Gasteiger partial charge in [-0.05, 0) is 67.8 Å². The number of ether oxygens (including phenoxy) is 4. The second-order valence-electron chi connectivity index (χ2n) is 7.96. The number of nitrogens with one attached hydrogen (secondary N) is 1. The van der Waals surface area contributed by atoms with Gasteiger partial charge in [0, 0.05) is 12.0 Å². The van der Waals surface area contributed by atoms with Crippen molar-refractivity contribution in [1.82, 2.24) is 5.32 Å². The number of fused-ring (bicyclic) bond motifs is 1. The van der Waals surface area contributed by atoms with E-state index in [4.69, 9.17) is 18.9 Å². The third-order valence-electron chi connectivity index (χ3n) is 5.66. The van der Waals surface area contributed by atoms with Crippen LogP contribution in [0.4, 0.5) is 0 Å². The lowest BCUT2D eigenvalue weighted by Gasteiger charge is -2.26. The molecule has 0 radical (unpaired) electrons. The number of hydrogen-bond donors (Lipinski definition) is 1. The molecule has 6 nitrogen and oxygen atoms in total. The summed E-state index contributed by atoms with van der Waals surface area (Å²) in [6.45, 7) is 4.69. The topological polar surface area (TPSA) is 66.0 Å². The molecule has 2 atom stereocenters. The molecule has 0 aromatic heterocycles. The van der Waals surface area contributed by atoms with E-state index in [0.717, 1.165) is 40.5 Å². The minimum Gasteiger partial charge on any atom is -0.465 e. The monoisotopic (exact) mass is 447 g/mol.